The number of carbonyl (C=O) groups excluding carboxylic acids is 1. The van der Waals surface area contributed by atoms with Gasteiger partial charge in [-0.25, -0.2) is 14.4 Å². The number of nitrogens with zero attached hydrogens (tertiary/aromatic N) is 5. The molecule has 0 bridgehead atoms. The standard InChI is InChI=1S/C18H18FN5O/c19-14-3-5-15(6-4-14)24-13-21-10-17(24)18(25)22-8-1-2-16(11-22)23-9-7-20-12-23/h3-7,9-10,12-13,16H,1-2,8,11H2/t16-/m0/s1. The lowest BCUT2D eigenvalue weighted by atomic mass is 10.1. The number of likely N-dealkylation sites (tertiary alicyclic amines) is 1. The van der Waals surface area contributed by atoms with Crippen molar-refractivity contribution in [2.24, 2.45) is 0 Å². The first kappa shape index (κ1) is 15.6. The van der Waals surface area contributed by atoms with Gasteiger partial charge < -0.3 is 9.47 Å². The maximum atomic E-state index is 13.1. The summed E-state index contributed by atoms with van der Waals surface area (Å²) in [5, 5.41) is 0. The molecule has 25 heavy (non-hydrogen) atoms. The Labute approximate surface area is 144 Å². The van der Waals surface area contributed by atoms with Gasteiger partial charge in [-0.3, -0.25) is 9.36 Å². The summed E-state index contributed by atoms with van der Waals surface area (Å²) in [7, 11) is 0. The summed E-state index contributed by atoms with van der Waals surface area (Å²) in [6.45, 7) is 1.36. The van der Waals surface area contributed by atoms with E-state index in [1.165, 1.54) is 12.1 Å². The molecule has 0 aliphatic carbocycles. The molecule has 1 fully saturated rings. The lowest BCUT2D eigenvalue weighted by Gasteiger charge is -2.33. The Balaban J connectivity index is 1.57. The molecule has 1 aromatic carbocycles. The summed E-state index contributed by atoms with van der Waals surface area (Å²) < 4.78 is 16.9. The van der Waals surface area contributed by atoms with Crippen molar-refractivity contribution in [1.82, 2.24) is 24.0 Å². The second kappa shape index (κ2) is 6.51. The van der Waals surface area contributed by atoms with Gasteiger partial charge >= 0.3 is 0 Å². The maximum Gasteiger partial charge on any atom is 0.272 e. The number of hydrogen-bond donors (Lipinski definition) is 0. The van der Waals surface area contributed by atoms with Crippen LogP contribution in [0.2, 0.25) is 0 Å². The van der Waals surface area contributed by atoms with Crippen molar-refractivity contribution in [3.8, 4) is 5.69 Å². The van der Waals surface area contributed by atoms with Gasteiger partial charge in [-0.15, -0.1) is 0 Å². The highest BCUT2D eigenvalue weighted by atomic mass is 19.1. The average molecular weight is 339 g/mol. The Morgan fingerprint density at radius 3 is 2.76 bits per heavy atom. The maximum absolute atomic E-state index is 13.1. The zero-order valence-corrected chi connectivity index (χ0v) is 13.6. The molecule has 128 valence electrons. The van der Waals surface area contributed by atoms with Crippen LogP contribution in [0.25, 0.3) is 5.69 Å². The fourth-order valence-corrected chi connectivity index (χ4v) is 3.29. The predicted molar refractivity (Wildman–Crippen MR) is 89.9 cm³/mol. The molecule has 0 saturated carbocycles. The molecular formula is C18H18FN5O. The van der Waals surface area contributed by atoms with Crippen molar-refractivity contribution in [3.63, 3.8) is 0 Å². The monoisotopic (exact) mass is 339 g/mol. The first-order valence-corrected chi connectivity index (χ1v) is 8.27. The molecule has 1 aliphatic heterocycles. The van der Waals surface area contributed by atoms with E-state index in [1.807, 2.05) is 11.1 Å². The second-order valence-electron chi connectivity index (χ2n) is 6.18. The van der Waals surface area contributed by atoms with E-state index in [0.717, 1.165) is 19.4 Å². The third-order valence-electron chi connectivity index (χ3n) is 4.59. The lowest BCUT2D eigenvalue weighted by Crippen LogP contribution is -2.41. The Morgan fingerprint density at radius 2 is 2.00 bits per heavy atom. The number of aromatic nitrogens is 4. The molecule has 3 aromatic rings. The number of amides is 1. The SMILES string of the molecule is O=C(c1cncn1-c1ccc(F)cc1)N1CCC[C@H](n2ccnc2)C1. The molecule has 1 saturated heterocycles. The van der Waals surface area contributed by atoms with Crippen molar-refractivity contribution >= 4 is 5.91 Å². The van der Waals surface area contributed by atoms with Gasteiger partial charge in [0.25, 0.3) is 5.91 Å². The summed E-state index contributed by atoms with van der Waals surface area (Å²) in [5.74, 6) is -0.373. The Kier molecular flexibility index (Phi) is 4.05. The van der Waals surface area contributed by atoms with Crippen LogP contribution in [0.15, 0.2) is 55.5 Å². The van der Waals surface area contributed by atoms with Gasteiger partial charge in [0.1, 0.15) is 11.5 Å². The van der Waals surface area contributed by atoms with Gasteiger partial charge in [-0.05, 0) is 37.1 Å². The summed E-state index contributed by atoms with van der Waals surface area (Å²) in [5.41, 5.74) is 1.20. The molecule has 4 rings (SSSR count). The van der Waals surface area contributed by atoms with E-state index in [9.17, 15) is 9.18 Å². The topological polar surface area (TPSA) is 56.0 Å². The van der Waals surface area contributed by atoms with Crippen molar-refractivity contribution < 1.29 is 9.18 Å². The zero-order valence-electron chi connectivity index (χ0n) is 13.6. The molecule has 0 N–H and O–H groups in total. The van der Waals surface area contributed by atoms with Crippen LogP contribution in [-0.2, 0) is 0 Å². The van der Waals surface area contributed by atoms with Crippen LogP contribution in [-0.4, -0.2) is 43.0 Å². The molecule has 2 aromatic heterocycles. The molecule has 3 heterocycles. The van der Waals surface area contributed by atoms with Gasteiger partial charge in [-0.2, -0.15) is 0 Å². The van der Waals surface area contributed by atoms with Crippen molar-refractivity contribution in [2.75, 3.05) is 13.1 Å². The number of hydrogen-bond acceptors (Lipinski definition) is 3. The van der Waals surface area contributed by atoms with E-state index < -0.39 is 0 Å². The van der Waals surface area contributed by atoms with Gasteiger partial charge in [0.15, 0.2) is 0 Å². The highest BCUT2D eigenvalue weighted by Crippen LogP contribution is 2.23. The van der Waals surface area contributed by atoms with E-state index >= 15 is 0 Å². The summed E-state index contributed by atoms with van der Waals surface area (Å²) in [6, 6.07) is 6.26. The molecule has 7 heteroatoms. The highest BCUT2D eigenvalue weighted by molar-refractivity contribution is 5.93. The van der Waals surface area contributed by atoms with Gasteiger partial charge in [0, 0.05) is 31.2 Å². The number of piperidine rings is 1. The molecule has 6 nitrogen and oxygen atoms in total. The van der Waals surface area contributed by atoms with Crippen LogP contribution in [0, 0.1) is 5.82 Å². The van der Waals surface area contributed by atoms with Crippen LogP contribution in [0.3, 0.4) is 0 Å². The van der Waals surface area contributed by atoms with E-state index in [2.05, 4.69) is 14.5 Å². The molecule has 1 amide bonds. The summed E-state index contributed by atoms with van der Waals surface area (Å²) in [6.07, 6.45) is 10.6. The molecule has 0 spiro atoms. The van der Waals surface area contributed by atoms with Crippen LogP contribution >= 0.6 is 0 Å². The largest absolute Gasteiger partial charge is 0.335 e. The first-order valence-electron chi connectivity index (χ1n) is 8.27. The fraction of sp³-hybridized carbons (Fsp3) is 0.278. The van der Waals surface area contributed by atoms with Crippen molar-refractivity contribution in [3.05, 3.63) is 67.0 Å². The predicted octanol–water partition coefficient (Wildman–Crippen LogP) is 2.69. The van der Waals surface area contributed by atoms with Crippen molar-refractivity contribution in [1.29, 1.82) is 0 Å². The highest BCUT2D eigenvalue weighted by Gasteiger charge is 2.27. The minimum atomic E-state index is -0.309. The molecule has 0 unspecified atom stereocenters. The van der Waals surface area contributed by atoms with Crippen LogP contribution < -0.4 is 0 Å². The normalized spacial score (nSPS) is 17.6. The number of benzene rings is 1. The van der Waals surface area contributed by atoms with E-state index in [4.69, 9.17) is 0 Å². The van der Waals surface area contributed by atoms with Crippen molar-refractivity contribution in [2.45, 2.75) is 18.9 Å². The lowest BCUT2D eigenvalue weighted by molar-refractivity contribution is 0.0671. The van der Waals surface area contributed by atoms with Gasteiger partial charge in [0.2, 0.25) is 0 Å². The molecule has 1 atom stereocenters. The zero-order chi connectivity index (χ0) is 17.2. The third-order valence-corrected chi connectivity index (χ3v) is 4.59. The molecule has 0 radical (unpaired) electrons. The van der Waals surface area contributed by atoms with Crippen LogP contribution in [0.5, 0.6) is 0 Å². The number of rotatable bonds is 3. The Morgan fingerprint density at radius 1 is 1.16 bits per heavy atom. The smallest absolute Gasteiger partial charge is 0.272 e. The van der Waals surface area contributed by atoms with E-state index in [1.54, 1.807) is 41.7 Å². The van der Waals surface area contributed by atoms with Crippen LogP contribution in [0.1, 0.15) is 29.4 Å². The fourth-order valence-electron chi connectivity index (χ4n) is 3.29. The first-order chi connectivity index (χ1) is 12.2. The average Bonchev–Trinajstić information content (AvgIpc) is 3.34. The number of halogens is 1. The number of carbonyl (C=O) groups is 1. The minimum absolute atomic E-state index is 0.0633. The summed E-state index contributed by atoms with van der Waals surface area (Å²) >= 11 is 0. The van der Waals surface area contributed by atoms with E-state index in [0.29, 0.717) is 17.9 Å². The van der Waals surface area contributed by atoms with Gasteiger partial charge in [-0.1, -0.05) is 0 Å². The summed E-state index contributed by atoms with van der Waals surface area (Å²) in [4.78, 5) is 23.1. The molecular weight excluding hydrogens is 321 g/mol. The van der Waals surface area contributed by atoms with Crippen LogP contribution in [0.4, 0.5) is 4.39 Å². The van der Waals surface area contributed by atoms with E-state index in [-0.39, 0.29) is 17.8 Å². The van der Waals surface area contributed by atoms with Gasteiger partial charge in [0.05, 0.1) is 24.9 Å². The Bertz CT molecular complexity index is 856. The second-order valence-corrected chi connectivity index (χ2v) is 6.18. The minimum Gasteiger partial charge on any atom is -0.335 e. The third kappa shape index (κ3) is 3.05. The Hall–Kier alpha value is -2.96. The quantitative estimate of drug-likeness (QED) is 0.737. The number of imidazole rings is 2. The molecule has 1 aliphatic rings.